The summed E-state index contributed by atoms with van der Waals surface area (Å²) in [6, 6.07) is 5.95. The normalized spacial score (nSPS) is 12.2. The Labute approximate surface area is 101 Å². The second-order valence-corrected chi connectivity index (χ2v) is 4.04. The summed E-state index contributed by atoms with van der Waals surface area (Å²) in [6.45, 7) is 4.82. The van der Waals surface area contributed by atoms with Crippen molar-refractivity contribution in [1.29, 1.82) is 0 Å². The van der Waals surface area contributed by atoms with Gasteiger partial charge >= 0.3 is 0 Å². The number of benzene rings is 1. The molecule has 0 radical (unpaired) electrons. The number of halogens is 1. The van der Waals surface area contributed by atoms with Gasteiger partial charge in [0, 0.05) is 18.2 Å². The summed E-state index contributed by atoms with van der Waals surface area (Å²) in [7, 11) is 0. The number of nitrogens with two attached hydrogens (primary N) is 1. The van der Waals surface area contributed by atoms with Gasteiger partial charge in [-0.1, -0.05) is 6.92 Å². The molecule has 0 fully saturated rings. The Kier molecular flexibility index (Phi) is 5.10. The molecule has 1 aromatic rings. The van der Waals surface area contributed by atoms with Crippen LogP contribution in [0.25, 0.3) is 0 Å². The van der Waals surface area contributed by atoms with Crippen LogP contribution in [-0.2, 0) is 4.79 Å². The van der Waals surface area contributed by atoms with Crippen LogP contribution in [0.5, 0.6) is 0 Å². The molecule has 1 aromatic carbocycles. The van der Waals surface area contributed by atoms with E-state index in [1.807, 2.05) is 13.8 Å². The largest absolute Gasteiger partial charge is 0.330 e. The molecular formula is C13H19FN2O. The number of hydrogen-bond acceptors (Lipinski definition) is 2. The molecule has 3 nitrogen and oxygen atoms in total. The average Bonchev–Trinajstić information content (AvgIpc) is 2.32. The van der Waals surface area contributed by atoms with Crippen molar-refractivity contribution in [2.75, 3.05) is 18.0 Å². The minimum Gasteiger partial charge on any atom is -0.330 e. The molecule has 0 saturated heterocycles. The third-order valence-electron chi connectivity index (χ3n) is 2.74. The first kappa shape index (κ1) is 13.6. The fourth-order valence-corrected chi connectivity index (χ4v) is 1.73. The highest BCUT2D eigenvalue weighted by atomic mass is 19.1. The number of carbonyl (C=O) groups excluding carboxylic acids is 1. The molecule has 0 saturated carbocycles. The lowest BCUT2D eigenvalue weighted by Gasteiger charge is -2.24. The number of nitrogens with zero attached hydrogens (tertiary/aromatic N) is 1. The van der Waals surface area contributed by atoms with Crippen LogP contribution in [0.4, 0.5) is 10.1 Å². The second kappa shape index (κ2) is 6.35. The van der Waals surface area contributed by atoms with E-state index >= 15 is 0 Å². The van der Waals surface area contributed by atoms with Crippen LogP contribution in [0, 0.1) is 11.7 Å². The molecule has 0 aliphatic carbocycles. The molecular weight excluding hydrogens is 219 g/mol. The van der Waals surface area contributed by atoms with Crippen LogP contribution in [-0.4, -0.2) is 19.0 Å². The Morgan fingerprint density at radius 2 is 2.00 bits per heavy atom. The summed E-state index contributed by atoms with van der Waals surface area (Å²) in [4.78, 5) is 13.8. The molecule has 2 N–H and O–H groups in total. The lowest BCUT2D eigenvalue weighted by atomic mass is 10.1. The molecule has 1 rings (SSSR count). The molecule has 1 amide bonds. The number of anilines is 1. The van der Waals surface area contributed by atoms with Crippen LogP contribution in [0.2, 0.25) is 0 Å². The van der Waals surface area contributed by atoms with Crippen molar-refractivity contribution >= 4 is 11.6 Å². The maximum atomic E-state index is 12.8. The topological polar surface area (TPSA) is 46.3 Å². The molecule has 0 aliphatic rings. The first-order valence-corrected chi connectivity index (χ1v) is 5.87. The smallest absolute Gasteiger partial charge is 0.229 e. The SMILES string of the molecule is CCN(C(=O)C(C)CCN)c1ccc(F)cc1. The summed E-state index contributed by atoms with van der Waals surface area (Å²) >= 11 is 0. The van der Waals surface area contributed by atoms with Gasteiger partial charge in [0.05, 0.1) is 0 Å². The summed E-state index contributed by atoms with van der Waals surface area (Å²) in [5, 5.41) is 0. The Hall–Kier alpha value is -1.42. The quantitative estimate of drug-likeness (QED) is 0.854. The maximum Gasteiger partial charge on any atom is 0.229 e. The fraction of sp³-hybridized carbons (Fsp3) is 0.462. The molecule has 0 heterocycles. The molecule has 0 bridgehead atoms. The van der Waals surface area contributed by atoms with Gasteiger partial charge in [0.1, 0.15) is 5.82 Å². The zero-order valence-corrected chi connectivity index (χ0v) is 10.3. The Morgan fingerprint density at radius 1 is 1.41 bits per heavy atom. The van der Waals surface area contributed by atoms with Crippen LogP contribution in [0.1, 0.15) is 20.3 Å². The summed E-state index contributed by atoms with van der Waals surface area (Å²) in [5.74, 6) is -0.373. The zero-order valence-electron chi connectivity index (χ0n) is 10.3. The van der Waals surface area contributed by atoms with Crippen LogP contribution in [0.15, 0.2) is 24.3 Å². The predicted octanol–water partition coefficient (Wildman–Crippen LogP) is 2.16. The summed E-state index contributed by atoms with van der Waals surface area (Å²) in [6.07, 6.45) is 0.663. The van der Waals surface area contributed by atoms with E-state index in [0.717, 1.165) is 5.69 Å². The predicted molar refractivity (Wildman–Crippen MR) is 67.3 cm³/mol. The lowest BCUT2D eigenvalue weighted by Crippen LogP contribution is -2.35. The minimum atomic E-state index is -0.299. The van der Waals surface area contributed by atoms with E-state index in [2.05, 4.69) is 0 Å². The second-order valence-electron chi connectivity index (χ2n) is 4.04. The van der Waals surface area contributed by atoms with Crippen molar-refractivity contribution in [3.63, 3.8) is 0 Å². The Morgan fingerprint density at radius 3 is 2.47 bits per heavy atom. The van der Waals surface area contributed by atoms with E-state index in [1.165, 1.54) is 12.1 Å². The number of hydrogen-bond donors (Lipinski definition) is 1. The van der Waals surface area contributed by atoms with E-state index < -0.39 is 0 Å². The highest BCUT2D eigenvalue weighted by Gasteiger charge is 2.19. The molecule has 0 aromatic heterocycles. The van der Waals surface area contributed by atoms with Crippen LogP contribution >= 0.6 is 0 Å². The summed E-state index contributed by atoms with van der Waals surface area (Å²) in [5.41, 5.74) is 6.17. The maximum absolute atomic E-state index is 12.8. The molecule has 1 atom stereocenters. The van der Waals surface area contributed by atoms with Crippen LogP contribution < -0.4 is 10.6 Å². The van der Waals surface area contributed by atoms with Gasteiger partial charge in [0.2, 0.25) is 5.91 Å². The number of amides is 1. The van der Waals surface area contributed by atoms with E-state index in [-0.39, 0.29) is 17.6 Å². The standard InChI is InChI=1S/C13H19FN2O/c1-3-16(13(17)10(2)8-9-15)12-6-4-11(14)5-7-12/h4-7,10H,3,8-9,15H2,1-2H3. The minimum absolute atomic E-state index is 0.0320. The third-order valence-corrected chi connectivity index (χ3v) is 2.74. The van der Waals surface area contributed by atoms with Crippen LogP contribution in [0.3, 0.4) is 0 Å². The lowest BCUT2D eigenvalue weighted by molar-refractivity contribution is -0.122. The van der Waals surface area contributed by atoms with E-state index in [9.17, 15) is 9.18 Å². The first-order chi connectivity index (χ1) is 8.10. The highest BCUT2D eigenvalue weighted by molar-refractivity contribution is 5.94. The van der Waals surface area contributed by atoms with Crippen molar-refractivity contribution in [3.05, 3.63) is 30.1 Å². The van der Waals surface area contributed by atoms with Gasteiger partial charge in [-0.25, -0.2) is 4.39 Å². The molecule has 94 valence electrons. The molecule has 0 spiro atoms. The van der Waals surface area contributed by atoms with E-state index in [1.54, 1.807) is 17.0 Å². The third kappa shape index (κ3) is 3.53. The van der Waals surface area contributed by atoms with E-state index in [0.29, 0.717) is 19.5 Å². The van der Waals surface area contributed by atoms with Gasteiger partial charge in [0.15, 0.2) is 0 Å². The van der Waals surface area contributed by atoms with Crippen molar-refractivity contribution in [2.45, 2.75) is 20.3 Å². The molecule has 0 aliphatic heterocycles. The van der Waals surface area contributed by atoms with Gasteiger partial charge in [0.25, 0.3) is 0 Å². The van der Waals surface area contributed by atoms with Crippen molar-refractivity contribution in [3.8, 4) is 0 Å². The monoisotopic (exact) mass is 238 g/mol. The first-order valence-electron chi connectivity index (χ1n) is 5.87. The average molecular weight is 238 g/mol. The Bertz CT molecular complexity index is 364. The molecule has 4 heteroatoms. The van der Waals surface area contributed by atoms with Crippen molar-refractivity contribution in [1.82, 2.24) is 0 Å². The van der Waals surface area contributed by atoms with Crippen molar-refractivity contribution < 1.29 is 9.18 Å². The van der Waals surface area contributed by atoms with E-state index in [4.69, 9.17) is 5.73 Å². The molecule has 17 heavy (non-hydrogen) atoms. The van der Waals surface area contributed by atoms with Gasteiger partial charge in [-0.15, -0.1) is 0 Å². The zero-order chi connectivity index (χ0) is 12.8. The fourth-order valence-electron chi connectivity index (χ4n) is 1.73. The highest BCUT2D eigenvalue weighted by Crippen LogP contribution is 2.18. The number of carbonyl (C=O) groups is 1. The number of rotatable bonds is 5. The van der Waals surface area contributed by atoms with Gasteiger partial charge in [-0.05, 0) is 44.2 Å². The van der Waals surface area contributed by atoms with Gasteiger partial charge in [-0.2, -0.15) is 0 Å². The van der Waals surface area contributed by atoms with Gasteiger partial charge in [-0.3, -0.25) is 4.79 Å². The van der Waals surface area contributed by atoms with Gasteiger partial charge < -0.3 is 10.6 Å². The molecule has 1 unspecified atom stereocenters. The summed E-state index contributed by atoms with van der Waals surface area (Å²) < 4.78 is 12.8. The van der Waals surface area contributed by atoms with Crippen molar-refractivity contribution in [2.24, 2.45) is 11.7 Å². The Balaban J connectivity index is 2.84.